The number of nitrogens with one attached hydrogen (secondary N) is 1. The van der Waals surface area contributed by atoms with Gasteiger partial charge in [-0.1, -0.05) is 13.8 Å². The fourth-order valence-electron chi connectivity index (χ4n) is 5.62. The van der Waals surface area contributed by atoms with Crippen LogP contribution >= 0.6 is 11.3 Å². The summed E-state index contributed by atoms with van der Waals surface area (Å²) in [5, 5.41) is 3.55. The highest BCUT2D eigenvalue weighted by Crippen LogP contribution is 2.39. The van der Waals surface area contributed by atoms with Crippen molar-refractivity contribution in [1.82, 2.24) is 19.0 Å². The lowest BCUT2D eigenvalue weighted by Gasteiger charge is -2.33. The summed E-state index contributed by atoms with van der Waals surface area (Å²) in [4.78, 5) is 46.2. The summed E-state index contributed by atoms with van der Waals surface area (Å²) in [7, 11) is -3.81. The van der Waals surface area contributed by atoms with Crippen molar-refractivity contribution in [2.75, 3.05) is 57.7 Å². The quantitative estimate of drug-likeness (QED) is 0.382. The van der Waals surface area contributed by atoms with Gasteiger partial charge >= 0.3 is 6.09 Å². The van der Waals surface area contributed by atoms with Gasteiger partial charge in [-0.05, 0) is 69.9 Å². The highest BCUT2D eigenvalue weighted by molar-refractivity contribution is 7.89. The summed E-state index contributed by atoms with van der Waals surface area (Å²) in [6.07, 6.45) is 1.99. The van der Waals surface area contributed by atoms with Crippen LogP contribution in [0.3, 0.4) is 0 Å². The molecule has 0 radical (unpaired) electrons. The largest absolute Gasteiger partial charge is 0.450 e. The summed E-state index contributed by atoms with van der Waals surface area (Å²) in [6.45, 7) is 14.1. The number of thiophene rings is 1. The van der Waals surface area contributed by atoms with E-state index in [1.807, 2.05) is 4.90 Å². The Hall–Kier alpha value is -3.00. The van der Waals surface area contributed by atoms with Gasteiger partial charge in [0.05, 0.1) is 17.1 Å². The lowest BCUT2D eigenvalue weighted by atomic mass is 10.0. The third kappa shape index (κ3) is 7.44. The zero-order chi connectivity index (χ0) is 32.0. The Bertz CT molecular complexity index is 1430. The number of sulfonamides is 1. The highest BCUT2D eigenvalue weighted by atomic mass is 32.2. The molecule has 1 saturated heterocycles. The lowest BCUT2D eigenvalue weighted by molar-refractivity contribution is 0.0754. The smallest absolute Gasteiger partial charge is 0.409 e. The van der Waals surface area contributed by atoms with Gasteiger partial charge in [-0.3, -0.25) is 14.5 Å². The average Bonchev–Trinajstić information content (AvgIpc) is 3.37. The molecule has 1 aromatic carbocycles. The molecule has 2 aliphatic heterocycles. The SMILES string of the molecule is CCCN(CCC)C(=O)c1c(NC(=O)c2ccc(S(=O)(=O)N3CCN(C(=O)OCC)CC3)cc2)sc2c1CCN(C(C)C)C2. The van der Waals surface area contributed by atoms with Crippen LogP contribution in [0, 0.1) is 0 Å². The summed E-state index contributed by atoms with van der Waals surface area (Å²) in [5.74, 6) is -0.452. The second-order valence-electron chi connectivity index (χ2n) is 11.4. The fraction of sp³-hybridized carbons (Fsp3) is 0.581. The van der Waals surface area contributed by atoms with Crippen molar-refractivity contribution in [3.63, 3.8) is 0 Å². The van der Waals surface area contributed by atoms with Crippen LogP contribution in [-0.2, 0) is 27.7 Å². The lowest BCUT2D eigenvalue weighted by Crippen LogP contribution is -2.50. The molecule has 242 valence electrons. The summed E-state index contributed by atoms with van der Waals surface area (Å²) >= 11 is 1.46. The highest BCUT2D eigenvalue weighted by Gasteiger charge is 2.33. The van der Waals surface area contributed by atoms with Crippen molar-refractivity contribution in [2.24, 2.45) is 0 Å². The Kier molecular flexibility index (Phi) is 11.4. The van der Waals surface area contributed by atoms with E-state index in [-0.39, 0.29) is 43.6 Å². The van der Waals surface area contributed by atoms with Gasteiger partial charge in [-0.2, -0.15) is 4.31 Å². The molecule has 1 aromatic heterocycles. The van der Waals surface area contributed by atoms with Crippen LogP contribution in [0.25, 0.3) is 0 Å². The van der Waals surface area contributed by atoms with E-state index in [9.17, 15) is 22.8 Å². The van der Waals surface area contributed by atoms with E-state index in [1.54, 1.807) is 6.92 Å². The van der Waals surface area contributed by atoms with Gasteiger partial charge < -0.3 is 19.9 Å². The van der Waals surface area contributed by atoms with Crippen LogP contribution in [0.4, 0.5) is 9.80 Å². The van der Waals surface area contributed by atoms with Crippen molar-refractivity contribution < 1.29 is 27.5 Å². The minimum Gasteiger partial charge on any atom is -0.450 e. The first-order valence-corrected chi connectivity index (χ1v) is 17.8. The van der Waals surface area contributed by atoms with E-state index in [2.05, 4.69) is 37.9 Å². The average molecular weight is 648 g/mol. The molecule has 13 heteroatoms. The molecule has 0 atom stereocenters. The third-order valence-corrected chi connectivity index (χ3v) is 11.1. The molecule has 1 N–H and O–H groups in total. The fourth-order valence-corrected chi connectivity index (χ4v) is 8.30. The van der Waals surface area contributed by atoms with Gasteiger partial charge in [0.2, 0.25) is 10.0 Å². The van der Waals surface area contributed by atoms with E-state index in [4.69, 9.17) is 4.74 Å². The first-order valence-electron chi connectivity index (χ1n) is 15.5. The van der Waals surface area contributed by atoms with Gasteiger partial charge in [-0.25, -0.2) is 13.2 Å². The monoisotopic (exact) mass is 647 g/mol. The van der Waals surface area contributed by atoms with E-state index < -0.39 is 22.0 Å². The number of hydrogen-bond acceptors (Lipinski definition) is 8. The molecule has 0 bridgehead atoms. The summed E-state index contributed by atoms with van der Waals surface area (Å²) in [6, 6.07) is 6.21. The van der Waals surface area contributed by atoms with E-state index in [1.165, 1.54) is 44.8 Å². The number of nitrogens with zero attached hydrogens (tertiary/aromatic N) is 4. The zero-order valence-corrected chi connectivity index (χ0v) is 28.1. The Labute approximate surface area is 265 Å². The Morgan fingerprint density at radius 3 is 2.18 bits per heavy atom. The normalized spacial score (nSPS) is 16.1. The van der Waals surface area contributed by atoms with Gasteiger partial charge in [0, 0.05) is 68.8 Å². The Morgan fingerprint density at radius 1 is 0.977 bits per heavy atom. The predicted octanol–water partition coefficient (Wildman–Crippen LogP) is 4.49. The first-order chi connectivity index (χ1) is 21.0. The van der Waals surface area contributed by atoms with Crippen LogP contribution < -0.4 is 5.32 Å². The van der Waals surface area contributed by atoms with Crippen LogP contribution in [-0.4, -0.2) is 104 Å². The molecule has 2 aromatic rings. The van der Waals surface area contributed by atoms with Gasteiger partial charge in [0.15, 0.2) is 0 Å². The molecule has 2 aliphatic rings. The number of ether oxygens (including phenoxy) is 1. The number of piperazine rings is 1. The number of carbonyl (C=O) groups excluding carboxylic acids is 3. The van der Waals surface area contributed by atoms with Crippen molar-refractivity contribution in [3.05, 3.63) is 45.8 Å². The maximum atomic E-state index is 13.9. The van der Waals surface area contributed by atoms with E-state index in [0.717, 1.165) is 42.8 Å². The number of amides is 3. The van der Waals surface area contributed by atoms with Crippen LogP contribution in [0.15, 0.2) is 29.2 Å². The predicted molar refractivity (Wildman–Crippen MR) is 172 cm³/mol. The molecule has 4 rings (SSSR count). The molecule has 11 nitrogen and oxygen atoms in total. The minimum atomic E-state index is -3.81. The maximum absolute atomic E-state index is 13.9. The molecule has 3 heterocycles. The van der Waals surface area contributed by atoms with Crippen molar-refractivity contribution in [3.8, 4) is 0 Å². The first kappa shape index (κ1) is 33.9. The van der Waals surface area contributed by atoms with E-state index >= 15 is 0 Å². The number of rotatable bonds is 11. The molecular formula is C31H45N5O6S2. The van der Waals surface area contributed by atoms with Crippen molar-refractivity contribution in [1.29, 1.82) is 0 Å². The van der Waals surface area contributed by atoms with Crippen LogP contribution in [0.2, 0.25) is 0 Å². The summed E-state index contributed by atoms with van der Waals surface area (Å²) in [5.41, 5.74) is 1.90. The van der Waals surface area contributed by atoms with Crippen molar-refractivity contribution in [2.45, 2.75) is 71.4 Å². The minimum absolute atomic E-state index is 0.0519. The second kappa shape index (κ2) is 14.9. The molecule has 0 spiro atoms. The van der Waals surface area contributed by atoms with E-state index in [0.29, 0.717) is 35.3 Å². The number of hydrogen-bond donors (Lipinski definition) is 1. The second-order valence-corrected chi connectivity index (χ2v) is 14.4. The van der Waals surface area contributed by atoms with Gasteiger partial charge in [0.1, 0.15) is 5.00 Å². The zero-order valence-electron chi connectivity index (χ0n) is 26.4. The number of carbonyl (C=O) groups is 3. The van der Waals surface area contributed by atoms with Gasteiger partial charge in [0.25, 0.3) is 11.8 Å². The molecule has 0 aliphatic carbocycles. The Morgan fingerprint density at radius 2 is 1.61 bits per heavy atom. The number of benzene rings is 1. The van der Waals surface area contributed by atoms with Gasteiger partial charge in [-0.15, -0.1) is 11.3 Å². The van der Waals surface area contributed by atoms with Crippen LogP contribution in [0.1, 0.15) is 78.6 Å². The molecule has 3 amide bonds. The molecule has 0 unspecified atom stereocenters. The summed E-state index contributed by atoms with van der Waals surface area (Å²) < 4.78 is 32.9. The third-order valence-electron chi connectivity index (χ3n) is 8.05. The topological polar surface area (TPSA) is 120 Å². The Balaban J connectivity index is 1.53. The standard InChI is InChI=1S/C31H45N5O6S2/c1-6-14-33(15-7-2)30(38)27-25-13-16-35(22(4)5)21-26(25)43-29(27)32-28(37)23-9-11-24(12-10-23)44(40,41)36-19-17-34(18-20-36)31(39)42-8-3/h9-12,22H,6-8,13-21H2,1-5H3,(H,32,37). The van der Waals surface area contributed by atoms with Crippen molar-refractivity contribution >= 4 is 44.3 Å². The maximum Gasteiger partial charge on any atom is 0.409 e. The molecular weight excluding hydrogens is 603 g/mol. The molecule has 0 saturated carbocycles. The molecule has 44 heavy (non-hydrogen) atoms. The molecule has 1 fully saturated rings. The number of anilines is 1. The number of fused-ring (bicyclic) bond motifs is 1. The van der Waals surface area contributed by atoms with Crippen LogP contribution in [0.5, 0.6) is 0 Å².